The molecule has 0 amide bonds. The molecule has 0 spiro atoms. The molecule has 1 rings (SSSR count). The van der Waals surface area contributed by atoms with Crippen LogP contribution in [0, 0.1) is 0 Å². The molecule has 0 heterocycles. The Hall–Kier alpha value is -0.350. The van der Waals surface area contributed by atoms with Crippen molar-refractivity contribution in [1.29, 1.82) is 0 Å². The van der Waals surface area contributed by atoms with Crippen LogP contribution in [0.3, 0.4) is 0 Å². The Morgan fingerprint density at radius 3 is 3.00 bits per heavy atom. The van der Waals surface area contributed by atoms with Gasteiger partial charge in [0.15, 0.2) is 0 Å². The monoisotopic (exact) mass is 262 g/mol. The van der Waals surface area contributed by atoms with Crippen molar-refractivity contribution in [2.75, 3.05) is 19.0 Å². The topological polar surface area (TPSA) is 35.5 Å². The Morgan fingerprint density at radius 2 is 2.50 bits per heavy atom. The van der Waals surface area contributed by atoms with Crippen molar-refractivity contribution < 1.29 is 14.3 Å². The summed E-state index contributed by atoms with van der Waals surface area (Å²) in [7, 11) is 1.41. The van der Waals surface area contributed by atoms with E-state index in [0.29, 0.717) is 0 Å². The van der Waals surface area contributed by atoms with Crippen LogP contribution in [0.2, 0.25) is 0 Å². The van der Waals surface area contributed by atoms with Crippen LogP contribution in [-0.2, 0) is 14.3 Å². The average Bonchev–Trinajstić information content (AvgIpc) is 2.26. The van der Waals surface area contributed by atoms with Crippen molar-refractivity contribution in [2.24, 2.45) is 0 Å². The van der Waals surface area contributed by atoms with Gasteiger partial charge in [0.2, 0.25) is 0 Å². The lowest BCUT2D eigenvalue weighted by Crippen LogP contribution is -2.19. The van der Waals surface area contributed by atoms with Gasteiger partial charge in [-0.15, -0.1) is 0 Å². The summed E-state index contributed by atoms with van der Waals surface area (Å²) in [5.74, 6) is -0.205. The second-order valence-electron chi connectivity index (χ2n) is 3.18. The van der Waals surface area contributed by atoms with E-state index in [2.05, 4.69) is 20.7 Å². The van der Waals surface area contributed by atoms with E-state index in [0.717, 1.165) is 36.8 Å². The van der Waals surface area contributed by atoms with Gasteiger partial charge < -0.3 is 9.47 Å². The van der Waals surface area contributed by atoms with Crippen molar-refractivity contribution in [1.82, 2.24) is 0 Å². The molecule has 0 N–H and O–H groups in total. The molecule has 0 saturated carbocycles. The number of rotatable bonds is 4. The zero-order chi connectivity index (χ0) is 10.4. The van der Waals surface area contributed by atoms with Gasteiger partial charge in [-0.05, 0) is 19.3 Å². The van der Waals surface area contributed by atoms with E-state index in [-0.39, 0.29) is 12.1 Å². The smallest absolute Gasteiger partial charge is 0.333 e. The molecule has 0 aromatic rings. The van der Waals surface area contributed by atoms with E-state index in [4.69, 9.17) is 4.74 Å². The maximum absolute atomic E-state index is 11.1. The fraction of sp³-hybridized carbons (Fsp3) is 0.700. The van der Waals surface area contributed by atoms with Gasteiger partial charge in [-0.3, -0.25) is 0 Å². The zero-order valence-corrected chi connectivity index (χ0v) is 9.88. The summed E-state index contributed by atoms with van der Waals surface area (Å²) in [5.41, 5.74) is 0.784. The quantitative estimate of drug-likeness (QED) is 0.575. The molecule has 0 aromatic carbocycles. The molecule has 1 aliphatic carbocycles. The minimum Gasteiger partial charge on any atom is -0.466 e. The van der Waals surface area contributed by atoms with E-state index in [1.165, 1.54) is 7.11 Å². The number of esters is 1. The predicted octanol–water partition coefficient (Wildman–Crippen LogP) is 2.05. The highest BCUT2D eigenvalue weighted by Crippen LogP contribution is 2.21. The highest BCUT2D eigenvalue weighted by atomic mass is 79.9. The summed E-state index contributed by atoms with van der Waals surface area (Å²) >= 11 is 3.31. The molecule has 1 atom stereocenters. The van der Waals surface area contributed by atoms with Gasteiger partial charge in [-0.25, -0.2) is 4.79 Å². The summed E-state index contributed by atoms with van der Waals surface area (Å²) < 4.78 is 10.2. The van der Waals surface area contributed by atoms with Gasteiger partial charge in [-0.1, -0.05) is 22.0 Å². The molecule has 0 saturated heterocycles. The van der Waals surface area contributed by atoms with Crippen molar-refractivity contribution in [2.45, 2.75) is 25.4 Å². The number of carbonyl (C=O) groups excluding carboxylic acids is 1. The summed E-state index contributed by atoms with van der Waals surface area (Å²) in [4.78, 5) is 11.1. The molecule has 80 valence electrons. The summed E-state index contributed by atoms with van der Waals surface area (Å²) in [6, 6.07) is 0. The number of ether oxygens (including phenoxy) is 2. The minimum absolute atomic E-state index is 0.205. The maximum atomic E-state index is 11.1. The van der Waals surface area contributed by atoms with Gasteiger partial charge in [0, 0.05) is 10.9 Å². The third-order valence-corrected chi connectivity index (χ3v) is 2.56. The fourth-order valence-corrected chi connectivity index (χ4v) is 1.68. The van der Waals surface area contributed by atoms with Gasteiger partial charge in [0.05, 0.1) is 19.8 Å². The van der Waals surface area contributed by atoms with E-state index >= 15 is 0 Å². The van der Waals surface area contributed by atoms with Crippen molar-refractivity contribution in [3.05, 3.63) is 11.6 Å². The van der Waals surface area contributed by atoms with Gasteiger partial charge in [0.1, 0.15) is 0 Å². The molecular formula is C10H15BrO3. The Kier molecular flexibility index (Phi) is 5.19. The number of alkyl halides is 1. The molecule has 0 radical (unpaired) electrons. The highest BCUT2D eigenvalue weighted by molar-refractivity contribution is 9.09. The lowest BCUT2D eigenvalue weighted by molar-refractivity contribution is -0.136. The second-order valence-corrected chi connectivity index (χ2v) is 3.97. The molecule has 0 aromatic heterocycles. The normalized spacial score (nSPS) is 21.6. The van der Waals surface area contributed by atoms with E-state index in [1.54, 1.807) is 0 Å². The Bertz CT molecular complexity index is 225. The first-order valence-corrected chi connectivity index (χ1v) is 5.85. The first-order valence-electron chi connectivity index (χ1n) is 4.73. The standard InChI is InChI=1S/C10H15BrO3/c1-13-10(12)8-2-4-9(5-3-8)14-7-6-11/h2,9H,3-7H2,1H3. The number of methoxy groups -OCH3 is 1. The van der Waals surface area contributed by atoms with Crippen LogP contribution >= 0.6 is 15.9 Å². The summed E-state index contributed by atoms with van der Waals surface area (Å²) in [6.45, 7) is 0.728. The molecular weight excluding hydrogens is 248 g/mol. The number of hydrogen-bond acceptors (Lipinski definition) is 3. The minimum atomic E-state index is -0.205. The SMILES string of the molecule is COC(=O)C1=CCC(OCCBr)CC1. The molecule has 14 heavy (non-hydrogen) atoms. The van der Waals surface area contributed by atoms with Gasteiger partial charge in [0.25, 0.3) is 0 Å². The van der Waals surface area contributed by atoms with Gasteiger partial charge >= 0.3 is 5.97 Å². The van der Waals surface area contributed by atoms with Crippen molar-refractivity contribution in [3.63, 3.8) is 0 Å². The molecule has 0 bridgehead atoms. The average molecular weight is 263 g/mol. The number of carbonyl (C=O) groups is 1. The van der Waals surface area contributed by atoms with Crippen LogP contribution in [0.5, 0.6) is 0 Å². The van der Waals surface area contributed by atoms with Crippen molar-refractivity contribution in [3.8, 4) is 0 Å². The number of hydrogen-bond donors (Lipinski definition) is 0. The maximum Gasteiger partial charge on any atom is 0.333 e. The predicted molar refractivity (Wildman–Crippen MR) is 57.5 cm³/mol. The van der Waals surface area contributed by atoms with Crippen molar-refractivity contribution >= 4 is 21.9 Å². The van der Waals surface area contributed by atoms with Gasteiger partial charge in [-0.2, -0.15) is 0 Å². The van der Waals surface area contributed by atoms with Crippen LogP contribution in [0.1, 0.15) is 19.3 Å². The summed E-state index contributed by atoms with van der Waals surface area (Å²) in [6.07, 6.45) is 4.68. The molecule has 3 nitrogen and oxygen atoms in total. The third kappa shape index (κ3) is 3.42. The second kappa shape index (κ2) is 6.19. The zero-order valence-electron chi connectivity index (χ0n) is 8.29. The third-order valence-electron chi connectivity index (χ3n) is 2.24. The molecule has 4 heteroatoms. The number of halogens is 1. The van der Waals surface area contributed by atoms with Crippen LogP contribution in [-0.4, -0.2) is 31.1 Å². The van der Waals surface area contributed by atoms with Crippen LogP contribution in [0.4, 0.5) is 0 Å². The fourth-order valence-electron chi connectivity index (χ4n) is 1.49. The Morgan fingerprint density at radius 1 is 1.71 bits per heavy atom. The molecule has 1 aliphatic rings. The summed E-state index contributed by atoms with van der Waals surface area (Å²) in [5, 5.41) is 0.858. The highest BCUT2D eigenvalue weighted by Gasteiger charge is 2.18. The lowest BCUT2D eigenvalue weighted by atomic mass is 9.97. The molecule has 0 aliphatic heterocycles. The Labute approximate surface area is 92.6 Å². The van der Waals surface area contributed by atoms with E-state index in [9.17, 15) is 4.79 Å². The van der Waals surface area contributed by atoms with Crippen LogP contribution in [0.25, 0.3) is 0 Å². The van der Waals surface area contributed by atoms with Crippen LogP contribution < -0.4 is 0 Å². The lowest BCUT2D eigenvalue weighted by Gasteiger charge is -2.20. The van der Waals surface area contributed by atoms with Crippen LogP contribution in [0.15, 0.2) is 11.6 Å². The molecule has 1 unspecified atom stereocenters. The van der Waals surface area contributed by atoms with E-state index < -0.39 is 0 Å². The largest absolute Gasteiger partial charge is 0.466 e. The Balaban J connectivity index is 2.35. The first-order chi connectivity index (χ1) is 6.77. The first kappa shape index (κ1) is 11.7. The van der Waals surface area contributed by atoms with E-state index in [1.807, 2.05) is 6.08 Å². The molecule has 0 fully saturated rings.